The third kappa shape index (κ3) is 5.44. The molecule has 10 N–H and O–H groups in total. The van der Waals surface area contributed by atoms with E-state index in [0.717, 1.165) is 18.2 Å². The maximum Gasteiger partial charge on any atom is 0.235 e. The molecule has 0 aliphatic carbocycles. The molecule has 0 amide bonds. The lowest BCUT2D eigenvalue weighted by Crippen LogP contribution is -2.64. The van der Waals surface area contributed by atoms with E-state index in [-0.39, 0.29) is 22.3 Å². The molecule has 5 rings (SSSR count). The van der Waals surface area contributed by atoms with E-state index in [9.17, 15) is 55.9 Å². The Morgan fingerprint density at radius 1 is 0.814 bits per heavy atom. The molecule has 3 aromatic rings. The second-order valence-electron chi connectivity index (χ2n) is 10.2. The first kappa shape index (κ1) is 30.7. The molecule has 3 heterocycles. The number of fused-ring (bicyclic) bond motifs is 1. The van der Waals surface area contributed by atoms with Gasteiger partial charge in [-0.15, -0.1) is 0 Å². The van der Waals surface area contributed by atoms with Crippen molar-refractivity contribution in [1.82, 2.24) is 0 Å². The van der Waals surface area contributed by atoms with Crippen LogP contribution >= 0.6 is 0 Å². The van der Waals surface area contributed by atoms with E-state index in [1.807, 2.05) is 0 Å². The van der Waals surface area contributed by atoms with Crippen LogP contribution in [0.2, 0.25) is 0 Å². The Morgan fingerprint density at radius 3 is 2.23 bits per heavy atom. The molecule has 10 atom stereocenters. The SMILES string of the molecule is CC1O[C@@H](OC2C(O)[C@H](O)C(CO)O[C@H]2Oc2c(-c3ccc(O)c(O)c3O)oc3cc(O)ccc3c2=O)[C@@H](O)C(O)[C@H]1O. The van der Waals surface area contributed by atoms with Crippen molar-refractivity contribution in [3.05, 3.63) is 40.6 Å². The van der Waals surface area contributed by atoms with Gasteiger partial charge in [-0.05, 0) is 31.2 Å². The highest BCUT2D eigenvalue weighted by molar-refractivity contribution is 5.85. The highest BCUT2D eigenvalue weighted by Crippen LogP contribution is 2.45. The zero-order chi connectivity index (χ0) is 31.3. The normalized spacial score (nSPS) is 33.0. The quantitative estimate of drug-likeness (QED) is 0.140. The van der Waals surface area contributed by atoms with Gasteiger partial charge in [-0.3, -0.25) is 4.79 Å². The zero-order valence-corrected chi connectivity index (χ0v) is 22.3. The van der Waals surface area contributed by atoms with Crippen LogP contribution in [0, 0.1) is 0 Å². The first-order valence-corrected chi connectivity index (χ1v) is 13.0. The number of phenols is 4. The van der Waals surface area contributed by atoms with Gasteiger partial charge in [0, 0.05) is 6.07 Å². The Hall–Kier alpha value is -3.71. The van der Waals surface area contributed by atoms with Gasteiger partial charge < -0.3 is 74.4 Å². The Morgan fingerprint density at radius 2 is 1.53 bits per heavy atom. The Kier molecular flexibility index (Phi) is 8.41. The number of phenolic OH excluding ortho intramolecular Hbond substituents is 4. The van der Waals surface area contributed by atoms with Crippen molar-refractivity contribution in [2.45, 2.75) is 68.3 Å². The lowest BCUT2D eigenvalue weighted by Gasteiger charge is -2.45. The van der Waals surface area contributed by atoms with Crippen molar-refractivity contribution in [3.63, 3.8) is 0 Å². The summed E-state index contributed by atoms with van der Waals surface area (Å²) in [6.07, 6.45) is -16.7. The van der Waals surface area contributed by atoms with Crippen LogP contribution < -0.4 is 10.2 Å². The lowest BCUT2D eigenvalue weighted by atomic mass is 9.97. The monoisotopic (exact) mass is 610 g/mol. The maximum atomic E-state index is 13.7. The van der Waals surface area contributed by atoms with Crippen LogP contribution in [0.15, 0.2) is 39.5 Å². The molecule has 2 aromatic carbocycles. The molecule has 2 aliphatic rings. The van der Waals surface area contributed by atoms with Crippen LogP contribution in [-0.2, 0) is 14.2 Å². The van der Waals surface area contributed by atoms with Crippen LogP contribution in [0.3, 0.4) is 0 Å². The average molecular weight is 611 g/mol. The molecule has 43 heavy (non-hydrogen) atoms. The number of aliphatic hydroxyl groups is 6. The predicted molar refractivity (Wildman–Crippen MR) is 140 cm³/mol. The smallest absolute Gasteiger partial charge is 0.235 e. The van der Waals surface area contributed by atoms with Crippen molar-refractivity contribution < 1.29 is 74.4 Å². The summed E-state index contributed by atoms with van der Waals surface area (Å²) < 4.78 is 28.3. The Bertz CT molecular complexity index is 1540. The van der Waals surface area contributed by atoms with Crippen molar-refractivity contribution in [1.29, 1.82) is 0 Å². The highest BCUT2D eigenvalue weighted by atomic mass is 16.8. The highest BCUT2D eigenvalue weighted by Gasteiger charge is 2.51. The molecule has 5 unspecified atom stereocenters. The summed E-state index contributed by atoms with van der Waals surface area (Å²) in [5, 5.41) is 102. The van der Waals surface area contributed by atoms with Gasteiger partial charge >= 0.3 is 0 Å². The number of rotatable bonds is 6. The van der Waals surface area contributed by atoms with Crippen molar-refractivity contribution in [2.24, 2.45) is 0 Å². The standard InChI is InChI=1S/C27H30O16/c1-8-15(31)20(36)22(38)26(39-8)43-25-21(37)19(35)14(7-28)41-27(25)42-24-17(33)10-3-2-9(29)6-13(10)40-23(24)11-4-5-12(30)18(34)16(11)32/h2-6,8,14-15,19-22,25-32,34-38H,7H2,1H3/t8?,14?,15-,19+,20?,21?,22-,25?,26-,27-/m0/s1. The molecule has 2 aliphatic heterocycles. The fraction of sp³-hybridized carbons (Fsp3) is 0.444. The average Bonchev–Trinajstić information content (AvgIpc) is 2.98. The van der Waals surface area contributed by atoms with Crippen molar-refractivity contribution in [3.8, 4) is 40.1 Å². The van der Waals surface area contributed by atoms with Crippen molar-refractivity contribution in [2.75, 3.05) is 6.61 Å². The third-order valence-corrected chi connectivity index (χ3v) is 7.37. The number of benzene rings is 2. The summed E-state index contributed by atoms with van der Waals surface area (Å²) in [6, 6.07) is 5.53. The molecule has 16 heteroatoms. The maximum absolute atomic E-state index is 13.7. The molecular weight excluding hydrogens is 580 g/mol. The first-order chi connectivity index (χ1) is 20.3. The van der Waals surface area contributed by atoms with E-state index >= 15 is 0 Å². The van der Waals surface area contributed by atoms with Crippen LogP contribution in [0.5, 0.6) is 28.7 Å². The number of ether oxygens (including phenoxy) is 4. The number of aliphatic hydroxyl groups excluding tert-OH is 6. The van der Waals surface area contributed by atoms with Gasteiger partial charge in [-0.1, -0.05) is 0 Å². The van der Waals surface area contributed by atoms with E-state index in [1.54, 1.807) is 0 Å². The number of aromatic hydroxyl groups is 4. The number of hydrogen-bond acceptors (Lipinski definition) is 16. The fourth-order valence-corrected chi connectivity index (χ4v) is 4.89. The van der Waals surface area contributed by atoms with Crippen LogP contribution in [0.1, 0.15) is 6.92 Å². The Labute approximate surface area is 241 Å². The van der Waals surface area contributed by atoms with Gasteiger partial charge in [0.2, 0.25) is 23.2 Å². The van der Waals surface area contributed by atoms with Crippen LogP contribution in [0.25, 0.3) is 22.3 Å². The molecule has 0 radical (unpaired) electrons. The Balaban J connectivity index is 1.62. The third-order valence-electron chi connectivity index (χ3n) is 7.37. The minimum Gasteiger partial charge on any atom is -0.508 e. The van der Waals surface area contributed by atoms with E-state index < -0.39 is 102 Å². The summed E-state index contributed by atoms with van der Waals surface area (Å²) in [6.45, 7) is 0.541. The van der Waals surface area contributed by atoms with Gasteiger partial charge in [0.25, 0.3) is 0 Å². The van der Waals surface area contributed by atoms with Gasteiger partial charge in [0.05, 0.1) is 23.7 Å². The molecule has 2 saturated heterocycles. The summed E-state index contributed by atoms with van der Waals surface area (Å²) in [5.41, 5.74) is -1.45. The minimum absolute atomic E-state index is 0.136. The second kappa shape index (κ2) is 11.8. The zero-order valence-electron chi connectivity index (χ0n) is 22.3. The van der Waals surface area contributed by atoms with E-state index in [4.69, 9.17) is 23.4 Å². The van der Waals surface area contributed by atoms with E-state index in [1.165, 1.54) is 19.1 Å². The second-order valence-corrected chi connectivity index (χ2v) is 10.2. The molecule has 234 valence electrons. The van der Waals surface area contributed by atoms with Crippen molar-refractivity contribution >= 4 is 11.0 Å². The van der Waals surface area contributed by atoms with E-state index in [2.05, 4.69) is 0 Å². The van der Waals surface area contributed by atoms with Gasteiger partial charge in [0.15, 0.2) is 29.7 Å². The molecule has 1 aromatic heterocycles. The number of hydrogen-bond donors (Lipinski definition) is 10. The van der Waals surface area contributed by atoms with E-state index in [0.29, 0.717) is 0 Å². The summed E-state index contributed by atoms with van der Waals surface area (Å²) in [7, 11) is 0. The lowest BCUT2D eigenvalue weighted by molar-refractivity contribution is -0.354. The topological polar surface area (TPSA) is 269 Å². The predicted octanol–water partition coefficient (Wildman–Crippen LogP) is -1.69. The fourth-order valence-electron chi connectivity index (χ4n) is 4.89. The molecule has 2 fully saturated rings. The van der Waals surface area contributed by atoms with Gasteiger partial charge in [-0.2, -0.15) is 0 Å². The summed E-state index contributed by atoms with van der Waals surface area (Å²) >= 11 is 0. The van der Waals surface area contributed by atoms with Crippen LogP contribution in [-0.4, -0.2) is 119 Å². The van der Waals surface area contributed by atoms with Crippen LogP contribution in [0.4, 0.5) is 0 Å². The molecule has 0 saturated carbocycles. The largest absolute Gasteiger partial charge is 0.508 e. The minimum atomic E-state index is -1.91. The van der Waals surface area contributed by atoms with Gasteiger partial charge in [0.1, 0.15) is 48.0 Å². The molecule has 0 bridgehead atoms. The molecule has 16 nitrogen and oxygen atoms in total. The molecular formula is C27H30O16. The summed E-state index contributed by atoms with van der Waals surface area (Å²) in [5.74, 6) is -4.12. The van der Waals surface area contributed by atoms with Gasteiger partial charge in [-0.25, -0.2) is 0 Å². The molecule has 0 spiro atoms. The summed E-state index contributed by atoms with van der Waals surface area (Å²) in [4.78, 5) is 13.7. The first-order valence-electron chi connectivity index (χ1n) is 13.0.